The van der Waals surface area contributed by atoms with Crippen LogP contribution in [-0.4, -0.2) is 16.6 Å². The molecule has 0 radical (unpaired) electrons. The van der Waals surface area contributed by atoms with Gasteiger partial charge in [-0.3, -0.25) is 9.78 Å². The SMILES string of the molecule is CN1Sc2ccccc2-c2oc(=O)n(-c3cccnc3)c(=O)c21. The third kappa shape index (κ3) is 2.08. The minimum Gasteiger partial charge on any atom is -0.406 e. The summed E-state index contributed by atoms with van der Waals surface area (Å²) < 4.78 is 8.20. The first-order chi connectivity index (χ1) is 11.2. The zero-order chi connectivity index (χ0) is 16.0. The van der Waals surface area contributed by atoms with Gasteiger partial charge in [-0.25, -0.2) is 9.36 Å². The Labute approximate surface area is 135 Å². The number of hydrogen-bond acceptors (Lipinski definition) is 6. The first-order valence-electron chi connectivity index (χ1n) is 6.88. The van der Waals surface area contributed by atoms with E-state index >= 15 is 0 Å². The second-order valence-electron chi connectivity index (χ2n) is 4.98. The lowest BCUT2D eigenvalue weighted by Gasteiger charge is -2.26. The van der Waals surface area contributed by atoms with Crippen LogP contribution in [0.25, 0.3) is 17.0 Å². The smallest absolute Gasteiger partial charge is 0.406 e. The van der Waals surface area contributed by atoms with Crippen LogP contribution < -0.4 is 15.6 Å². The Kier molecular flexibility index (Phi) is 3.09. The van der Waals surface area contributed by atoms with Gasteiger partial charge in [0, 0.05) is 23.7 Å². The molecular formula is C16H11N3O3S. The zero-order valence-corrected chi connectivity index (χ0v) is 12.9. The first-order valence-corrected chi connectivity index (χ1v) is 7.66. The van der Waals surface area contributed by atoms with Crippen LogP contribution in [-0.2, 0) is 0 Å². The number of aromatic nitrogens is 2. The quantitative estimate of drug-likeness (QED) is 0.640. The van der Waals surface area contributed by atoms with Crippen molar-refractivity contribution >= 4 is 17.6 Å². The van der Waals surface area contributed by atoms with Crippen molar-refractivity contribution in [1.29, 1.82) is 0 Å². The predicted molar refractivity (Wildman–Crippen MR) is 88.1 cm³/mol. The summed E-state index contributed by atoms with van der Waals surface area (Å²) in [6, 6.07) is 10.8. The van der Waals surface area contributed by atoms with Gasteiger partial charge in [-0.05, 0) is 36.2 Å². The molecule has 0 N–H and O–H groups in total. The van der Waals surface area contributed by atoms with Crippen LogP contribution in [0, 0.1) is 0 Å². The van der Waals surface area contributed by atoms with Gasteiger partial charge in [0.05, 0.1) is 11.9 Å². The van der Waals surface area contributed by atoms with E-state index in [0.717, 1.165) is 15.0 Å². The molecule has 0 bridgehead atoms. The summed E-state index contributed by atoms with van der Waals surface area (Å²) in [4.78, 5) is 30.1. The summed E-state index contributed by atoms with van der Waals surface area (Å²) in [5, 5.41) is 0. The highest BCUT2D eigenvalue weighted by molar-refractivity contribution is 8.00. The number of nitrogens with zero attached hydrogens (tertiary/aromatic N) is 3. The van der Waals surface area contributed by atoms with Crippen molar-refractivity contribution in [2.24, 2.45) is 0 Å². The topological polar surface area (TPSA) is 68.3 Å². The molecule has 0 spiro atoms. The lowest BCUT2D eigenvalue weighted by molar-refractivity contribution is 0.471. The standard InChI is InChI=1S/C16H11N3O3S/c1-18-13-14(11-6-2-3-7-12(11)23-18)22-16(21)19(15(13)20)10-5-4-8-17-9-10/h2-9H,1H3. The number of benzene rings is 1. The average molecular weight is 325 g/mol. The molecule has 0 atom stereocenters. The van der Waals surface area contributed by atoms with E-state index < -0.39 is 11.3 Å². The van der Waals surface area contributed by atoms with E-state index in [2.05, 4.69) is 4.98 Å². The molecule has 0 aliphatic carbocycles. The van der Waals surface area contributed by atoms with Crippen molar-refractivity contribution in [3.8, 4) is 17.0 Å². The molecule has 0 unspecified atom stereocenters. The Morgan fingerprint density at radius 2 is 1.96 bits per heavy atom. The molecule has 3 heterocycles. The van der Waals surface area contributed by atoms with E-state index in [1.165, 1.54) is 18.1 Å². The molecule has 114 valence electrons. The van der Waals surface area contributed by atoms with Gasteiger partial charge in [-0.1, -0.05) is 12.1 Å². The zero-order valence-electron chi connectivity index (χ0n) is 12.1. The van der Waals surface area contributed by atoms with Crippen molar-refractivity contribution in [3.05, 3.63) is 69.7 Å². The Hall–Kier alpha value is -2.80. The van der Waals surface area contributed by atoms with Gasteiger partial charge in [0.25, 0.3) is 5.56 Å². The van der Waals surface area contributed by atoms with Gasteiger partial charge in [-0.15, -0.1) is 0 Å². The maximum atomic E-state index is 12.9. The van der Waals surface area contributed by atoms with E-state index in [1.54, 1.807) is 29.7 Å². The van der Waals surface area contributed by atoms with E-state index in [9.17, 15) is 9.59 Å². The molecule has 3 aromatic rings. The Bertz CT molecular complexity index is 1010. The Morgan fingerprint density at radius 1 is 1.13 bits per heavy atom. The highest BCUT2D eigenvalue weighted by Crippen LogP contribution is 2.42. The van der Waals surface area contributed by atoms with Crippen molar-refractivity contribution in [2.45, 2.75) is 4.90 Å². The van der Waals surface area contributed by atoms with E-state index in [-0.39, 0.29) is 0 Å². The Balaban J connectivity index is 2.06. The number of pyridine rings is 1. The highest BCUT2D eigenvalue weighted by Gasteiger charge is 2.28. The number of rotatable bonds is 1. The summed E-state index contributed by atoms with van der Waals surface area (Å²) in [6.45, 7) is 0. The van der Waals surface area contributed by atoms with Crippen LogP contribution in [0.5, 0.6) is 0 Å². The molecule has 1 aliphatic heterocycles. The lowest BCUT2D eigenvalue weighted by atomic mass is 10.1. The monoisotopic (exact) mass is 325 g/mol. The molecule has 1 aromatic carbocycles. The molecule has 2 aromatic heterocycles. The molecule has 0 saturated heterocycles. The normalized spacial score (nSPS) is 12.7. The lowest BCUT2D eigenvalue weighted by Crippen LogP contribution is -2.35. The van der Waals surface area contributed by atoms with Crippen LogP contribution in [0.2, 0.25) is 0 Å². The Morgan fingerprint density at radius 3 is 2.74 bits per heavy atom. The van der Waals surface area contributed by atoms with Crippen molar-refractivity contribution in [2.75, 3.05) is 11.4 Å². The van der Waals surface area contributed by atoms with Crippen LogP contribution >= 0.6 is 11.9 Å². The highest BCUT2D eigenvalue weighted by atomic mass is 32.2. The largest absolute Gasteiger partial charge is 0.427 e. The first kappa shape index (κ1) is 13.8. The second-order valence-corrected chi connectivity index (χ2v) is 6.15. The van der Waals surface area contributed by atoms with Crippen LogP contribution in [0.4, 0.5) is 5.69 Å². The summed E-state index contributed by atoms with van der Waals surface area (Å²) in [7, 11) is 1.77. The molecule has 0 saturated carbocycles. The maximum absolute atomic E-state index is 12.9. The number of anilines is 1. The molecule has 23 heavy (non-hydrogen) atoms. The van der Waals surface area contributed by atoms with Gasteiger partial charge in [0.15, 0.2) is 11.4 Å². The second kappa shape index (κ2) is 5.13. The third-order valence-electron chi connectivity index (χ3n) is 3.58. The number of hydrogen-bond donors (Lipinski definition) is 0. The van der Waals surface area contributed by atoms with Gasteiger partial charge in [0.2, 0.25) is 0 Å². The van der Waals surface area contributed by atoms with Gasteiger partial charge < -0.3 is 8.72 Å². The third-order valence-corrected chi connectivity index (χ3v) is 4.59. The minimum absolute atomic E-state index is 0.303. The van der Waals surface area contributed by atoms with Crippen LogP contribution in [0.1, 0.15) is 0 Å². The molecule has 6 nitrogen and oxygen atoms in total. The van der Waals surface area contributed by atoms with Crippen molar-refractivity contribution in [1.82, 2.24) is 9.55 Å². The molecule has 0 amide bonds. The van der Waals surface area contributed by atoms with E-state index in [1.807, 2.05) is 24.3 Å². The number of fused-ring (bicyclic) bond motifs is 3. The molecule has 1 aliphatic rings. The fourth-order valence-electron chi connectivity index (χ4n) is 2.56. The predicted octanol–water partition coefficient (Wildman–Crippen LogP) is 2.31. The average Bonchev–Trinajstić information content (AvgIpc) is 2.55. The molecule has 4 rings (SSSR count). The van der Waals surface area contributed by atoms with Gasteiger partial charge >= 0.3 is 5.76 Å². The van der Waals surface area contributed by atoms with Gasteiger partial charge in [0.1, 0.15) is 0 Å². The summed E-state index contributed by atoms with van der Waals surface area (Å²) >= 11 is 1.42. The van der Waals surface area contributed by atoms with Crippen LogP contribution in [0.15, 0.2) is 67.7 Å². The van der Waals surface area contributed by atoms with Crippen molar-refractivity contribution in [3.63, 3.8) is 0 Å². The maximum Gasteiger partial charge on any atom is 0.427 e. The summed E-state index contributed by atoms with van der Waals surface area (Å²) in [5.74, 6) is -0.422. The molecular weight excluding hydrogens is 314 g/mol. The van der Waals surface area contributed by atoms with Crippen molar-refractivity contribution < 1.29 is 4.42 Å². The van der Waals surface area contributed by atoms with E-state index in [4.69, 9.17) is 4.42 Å². The minimum atomic E-state index is -0.725. The fourth-order valence-corrected chi connectivity index (χ4v) is 3.51. The van der Waals surface area contributed by atoms with Gasteiger partial charge in [-0.2, -0.15) is 0 Å². The fraction of sp³-hybridized carbons (Fsp3) is 0.0625. The van der Waals surface area contributed by atoms with E-state index in [0.29, 0.717) is 17.1 Å². The van der Waals surface area contributed by atoms with Crippen LogP contribution in [0.3, 0.4) is 0 Å². The summed E-state index contributed by atoms with van der Waals surface area (Å²) in [5.41, 5.74) is 1.05. The summed E-state index contributed by atoms with van der Waals surface area (Å²) in [6.07, 6.45) is 3.03. The molecule has 7 heteroatoms. The molecule has 0 fully saturated rings.